The summed E-state index contributed by atoms with van der Waals surface area (Å²) in [5.74, 6) is -0.971. The van der Waals surface area contributed by atoms with Crippen molar-refractivity contribution in [3.8, 4) is 0 Å². The first-order valence-electron chi connectivity index (χ1n) is 6.50. The molecule has 1 amide bonds. The molecule has 1 aliphatic heterocycles. The van der Waals surface area contributed by atoms with E-state index in [1.54, 1.807) is 23.1 Å². The molecule has 0 aromatic heterocycles. The number of rotatable bonds is 5. The average Bonchev–Trinajstić information content (AvgIpc) is 2.81. The normalized spacial score (nSPS) is 13.4. The molecule has 1 heterocycles. The topological polar surface area (TPSA) is 69.6 Å². The lowest BCUT2D eigenvalue weighted by Crippen LogP contribution is -2.37. The van der Waals surface area contributed by atoms with Gasteiger partial charge in [-0.25, -0.2) is 4.79 Å². The highest BCUT2D eigenvalue weighted by Gasteiger charge is 2.25. The third kappa shape index (κ3) is 2.93. The van der Waals surface area contributed by atoms with Gasteiger partial charge in [0.1, 0.15) is 0 Å². The minimum atomic E-state index is -0.966. The van der Waals surface area contributed by atoms with E-state index in [1.807, 2.05) is 6.92 Å². The summed E-state index contributed by atoms with van der Waals surface area (Å²) in [6, 6.07) is 4.97. The maximum Gasteiger partial charge on any atom is 0.335 e. The summed E-state index contributed by atoms with van der Waals surface area (Å²) in [4.78, 5) is 24.7. The highest BCUT2D eigenvalue weighted by molar-refractivity contribution is 5.98. The maximum absolute atomic E-state index is 12.1. The Hall–Kier alpha value is -1.88. The van der Waals surface area contributed by atoms with Crippen molar-refractivity contribution in [2.75, 3.05) is 24.5 Å². The summed E-state index contributed by atoms with van der Waals surface area (Å²) in [7, 11) is 0. The van der Waals surface area contributed by atoms with Crippen molar-refractivity contribution >= 4 is 17.6 Å². The van der Waals surface area contributed by atoms with Crippen LogP contribution in [0.4, 0.5) is 5.69 Å². The number of hydrogen-bond donors (Lipinski definition) is 2. The monoisotopic (exact) mass is 262 g/mol. The lowest BCUT2D eigenvalue weighted by atomic mass is 10.1. The number of hydrogen-bond acceptors (Lipinski definition) is 3. The predicted molar refractivity (Wildman–Crippen MR) is 72.6 cm³/mol. The molecule has 0 saturated heterocycles. The number of benzene rings is 1. The van der Waals surface area contributed by atoms with Gasteiger partial charge in [0.15, 0.2) is 0 Å². The van der Waals surface area contributed by atoms with Gasteiger partial charge in [-0.3, -0.25) is 4.79 Å². The molecular weight excluding hydrogens is 244 g/mol. The fourth-order valence-corrected chi connectivity index (χ4v) is 2.24. The van der Waals surface area contributed by atoms with E-state index in [-0.39, 0.29) is 11.5 Å². The first kappa shape index (κ1) is 13.5. The Morgan fingerprint density at radius 3 is 2.89 bits per heavy atom. The number of anilines is 1. The molecule has 0 unspecified atom stereocenters. The lowest BCUT2D eigenvalue weighted by Gasteiger charge is -2.18. The molecule has 1 aromatic carbocycles. The minimum absolute atomic E-state index is 0.00487. The predicted octanol–water partition coefficient (Wildman–Crippen LogP) is 1.27. The molecule has 0 radical (unpaired) electrons. The van der Waals surface area contributed by atoms with E-state index in [4.69, 9.17) is 5.11 Å². The molecule has 0 bridgehead atoms. The first-order valence-corrected chi connectivity index (χ1v) is 6.50. The van der Waals surface area contributed by atoms with Crippen LogP contribution in [0.5, 0.6) is 0 Å². The van der Waals surface area contributed by atoms with Crippen LogP contribution < -0.4 is 10.2 Å². The molecule has 0 fully saturated rings. The Bertz CT molecular complexity index is 499. The number of amides is 1. The summed E-state index contributed by atoms with van der Waals surface area (Å²) in [6.45, 7) is 3.78. The summed E-state index contributed by atoms with van der Waals surface area (Å²) in [6.07, 6.45) is 1.77. The Labute approximate surface area is 112 Å². The third-order valence-electron chi connectivity index (χ3n) is 3.23. The lowest BCUT2D eigenvalue weighted by molar-refractivity contribution is -0.117. The molecule has 5 nitrogen and oxygen atoms in total. The molecule has 2 rings (SSSR count). The van der Waals surface area contributed by atoms with Crippen LogP contribution in [0.25, 0.3) is 0 Å². The highest BCUT2D eigenvalue weighted by atomic mass is 16.4. The van der Waals surface area contributed by atoms with Gasteiger partial charge < -0.3 is 15.3 Å². The van der Waals surface area contributed by atoms with Gasteiger partial charge in [-0.2, -0.15) is 0 Å². The van der Waals surface area contributed by atoms with Crippen molar-refractivity contribution in [3.63, 3.8) is 0 Å². The van der Waals surface area contributed by atoms with Crippen LogP contribution in [0.1, 0.15) is 29.3 Å². The summed E-state index contributed by atoms with van der Waals surface area (Å²) >= 11 is 0. The van der Waals surface area contributed by atoms with E-state index in [9.17, 15) is 9.59 Å². The van der Waals surface area contributed by atoms with E-state index in [0.717, 1.165) is 30.6 Å². The Morgan fingerprint density at radius 1 is 1.42 bits per heavy atom. The van der Waals surface area contributed by atoms with Crippen molar-refractivity contribution in [1.82, 2.24) is 5.32 Å². The fraction of sp³-hybridized carbons (Fsp3) is 0.429. The molecule has 1 aromatic rings. The van der Waals surface area contributed by atoms with Crippen molar-refractivity contribution < 1.29 is 14.7 Å². The smallest absolute Gasteiger partial charge is 0.335 e. The zero-order chi connectivity index (χ0) is 13.8. The van der Waals surface area contributed by atoms with Crippen LogP contribution >= 0.6 is 0 Å². The van der Waals surface area contributed by atoms with E-state index in [1.165, 1.54) is 0 Å². The summed E-state index contributed by atoms with van der Waals surface area (Å²) < 4.78 is 0. The molecule has 5 heteroatoms. The number of aromatic carboxylic acids is 1. The van der Waals surface area contributed by atoms with E-state index in [0.29, 0.717) is 13.1 Å². The number of carboxylic acids is 1. The molecule has 1 aliphatic rings. The average molecular weight is 262 g/mol. The Kier molecular flexibility index (Phi) is 4.16. The van der Waals surface area contributed by atoms with Gasteiger partial charge in [0.25, 0.3) is 0 Å². The van der Waals surface area contributed by atoms with Crippen molar-refractivity contribution in [2.45, 2.75) is 19.8 Å². The van der Waals surface area contributed by atoms with Crippen LogP contribution in [-0.2, 0) is 11.2 Å². The number of carbonyl (C=O) groups excluding carboxylic acids is 1. The van der Waals surface area contributed by atoms with Crippen molar-refractivity contribution in [3.05, 3.63) is 29.3 Å². The van der Waals surface area contributed by atoms with Crippen LogP contribution in [0.3, 0.4) is 0 Å². The van der Waals surface area contributed by atoms with E-state index >= 15 is 0 Å². The van der Waals surface area contributed by atoms with Crippen LogP contribution in [0.2, 0.25) is 0 Å². The third-order valence-corrected chi connectivity index (χ3v) is 3.23. The second kappa shape index (κ2) is 5.84. The standard InChI is InChI=1S/C14H18N2O3/c1-2-6-15-9-13(17)16-7-5-10-3-4-11(14(18)19)8-12(10)16/h3-4,8,15H,2,5-7,9H2,1H3,(H,18,19). The van der Waals surface area contributed by atoms with Crippen LogP contribution in [0, 0.1) is 0 Å². The second-order valence-electron chi connectivity index (χ2n) is 4.62. The van der Waals surface area contributed by atoms with E-state index in [2.05, 4.69) is 5.32 Å². The molecule has 0 aliphatic carbocycles. The SMILES string of the molecule is CCCNCC(=O)N1CCc2ccc(C(=O)O)cc21. The zero-order valence-electron chi connectivity index (χ0n) is 11.0. The minimum Gasteiger partial charge on any atom is -0.478 e. The van der Waals surface area contributed by atoms with Crippen molar-refractivity contribution in [1.29, 1.82) is 0 Å². The van der Waals surface area contributed by atoms with Crippen LogP contribution in [0.15, 0.2) is 18.2 Å². The molecule has 19 heavy (non-hydrogen) atoms. The number of carboxylic acid groups (broad SMARTS) is 1. The van der Waals surface area contributed by atoms with Gasteiger partial charge in [-0.1, -0.05) is 13.0 Å². The van der Waals surface area contributed by atoms with Gasteiger partial charge in [0, 0.05) is 12.2 Å². The highest BCUT2D eigenvalue weighted by Crippen LogP contribution is 2.29. The fourth-order valence-electron chi connectivity index (χ4n) is 2.24. The Morgan fingerprint density at radius 2 is 2.21 bits per heavy atom. The van der Waals surface area contributed by atoms with Crippen LogP contribution in [-0.4, -0.2) is 36.6 Å². The van der Waals surface area contributed by atoms with Gasteiger partial charge in [0.05, 0.1) is 12.1 Å². The number of nitrogens with zero attached hydrogens (tertiary/aromatic N) is 1. The molecule has 102 valence electrons. The summed E-state index contributed by atoms with van der Waals surface area (Å²) in [5.41, 5.74) is 2.00. The van der Waals surface area contributed by atoms with Gasteiger partial charge in [-0.15, -0.1) is 0 Å². The molecule has 0 spiro atoms. The second-order valence-corrected chi connectivity index (χ2v) is 4.62. The van der Waals surface area contributed by atoms with Gasteiger partial charge in [-0.05, 0) is 37.1 Å². The summed E-state index contributed by atoms with van der Waals surface area (Å²) in [5, 5.41) is 12.1. The molecule has 0 atom stereocenters. The van der Waals surface area contributed by atoms with Gasteiger partial charge in [0.2, 0.25) is 5.91 Å². The van der Waals surface area contributed by atoms with Gasteiger partial charge >= 0.3 is 5.97 Å². The first-order chi connectivity index (χ1) is 9.13. The van der Waals surface area contributed by atoms with E-state index < -0.39 is 5.97 Å². The van der Waals surface area contributed by atoms with Crippen molar-refractivity contribution in [2.24, 2.45) is 0 Å². The quantitative estimate of drug-likeness (QED) is 0.784. The maximum atomic E-state index is 12.1. The molecule has 0 saturated carbocycles. The zero-order valence-corrected chi connectivity index (χ0v) is 11.0. The number of nitrogens with one attached hydrogen (secondary N) is 1. The largest absolute Gasteiger partial charge is 0.478 e. The number of fused-ring (bicyclic) bond motifs is 1. The Balaban J connectivity index is 2.13. The number of carbonyl (C=O) groups is 2. The molecule has 2 N–H and O–H groups in total. The molecular formula is C14H18N2O3.